The zero-order valence-corrected chi connectivity index (χ0v) is 13.8. The Hall–Kier alpha value is -2.88. The van der Waals surface area contributed by atoms with E-state index in [1.807, 2.05) is 6.07 Å². The van der Waals surface area contributed by atoms with E-state index in [0.717, 1.165) is 23.9 Å². The Morgan fingerprint density at radius 3 is 2.50 bits per heavy atom. The molecule has 0 atom stereocenters. The third-order valence-corrected chi connectivity index (χ3v) is 4.19. The summed E-state index contributed by atoms with van der Waals surface area (Å²) < 4.78 is 44.1. The van der Waals surface area contributed by atoms with E-state index in [9.17, 15) is 23.3 Å². The average molecular weight is 381 g/mol. The van der Waals surface area contributed by atoms with Crippen molar-refractivity contribution >= 4 is 17.4 Å². The molecule has 0 unspecified atom stereocenters. The van der Waals surface area contributed by atoms with E-state index in [-0.39, 0.29) is 22.4 Å². The molecule has 26 heavy (non-hydrogen) atoms. The third-order valence-electron chi connectivity index (χ3n) is 3.31. The van der Waals surface area contributed by atoms with E-state index < -0.39 is 22.4 Å². The van der Waals surface area contributed by atoms with Crippen LogP contribution < -0.4 is 0 Å². The van der Waals surface area contributed by atoms with Gasteiger partial charge < -0.3 is 4.42 Å². The van der Waals surface area contributed by atoms with Crippen molar-refractivity contribution in [1.29, 1.82) is 0 Å². The molecule has 6 nitrogen and oxygen atoms in total. The number of benzene rings is 2. The van der Waals surface area contributed by atoms with Gasteiger partial charge in [-0.25, -0.2) is 0 Å². The van der Waals surface area contributed by atoms with Crippen molar-refractivity contribution in [3.63, 3.8) is 0 Å². The second kappa shape index (κ2) is 7.16. The van der Waals surface area contributed by atoms with Crippen LogP contribution in [-0.2, 0) is 11.9 Å². The fraction of sp³-hybridized carbons (Fsp3) is 0.125. The van der Waals surface area contributed by atoms with Crippen molar-refractivity contribution in [2.45, 2.75) is 17.2 Å². The van der Waals surface area contributed by atoms with Crippen molar-refractivity contribution in [2.24, 2.45) is 0 Å². The monoisotopic (exact) mass is 381 g/mol. The van der Waals surface area contributed by atoms with Gasteiger partial charge in [0.25, 0.3) is 10.9 Å². The third kappa shape index (κ3) is 4.20. The molecular formula is C16H10F3N3O3S. The highest BCUT2D eigenvalue weighted by Gasteiger charge is 2.32. The molecule has 0 radical (unpaired) electrons. The second-order valence-electron chi connectivity index (χ2n) is 5.17. The molecule has 0 spiro atoms. The fourth-order valence-electron chi connectivity index (χ4n) is 2.14. The molecule has 0 saturated heterocycles. The van der Waals surface area contributed by atoms with Crippen LogP contribution in [0.15, 0.2) is 58.2 Å². The van der Waals surface area contributed by atoms with Crippen LogP contribution in [0.3, 0.4) is 0 Å². The Labute approximate surface area is 149 Å². The van der Waals surface area contributed by atoms with Crippen LogP contribution in [0.5, 0.6) is 0 Å². The first-order valence-corrected chi connectivity index (χ1v) is 8.19. The Morgan fingerprint density at radius 2 is 1.85 bits per heavy atom. The molecule has 0 aliphatic rings. The maximum atomic E-state index is 12.9. The highest BCUT2D eigenvalue weighted by molar-refractivity contribution is 7.98. The lowest BCUT2D eigenvalue weighted by Crippen LogP contribution is -2.06. The number of nitrogens with zero attached hydrogens (tertiary/aromatic N) is 3. The molecule has 0 aliphatic carbocycles. The first-order valence-electron chi connectivity index (χ1n) is 7.20. The van der Waals surface area contributed by atoms with Gasteiger partial charge in [0.15, 0.2) is 0 Å². The molecule has 3 aromatic rings. The molecule has 134 valence electrons. The largest absolute Gasteiger partial charge is 0.416 e. The van der Waals surface area contributed by atoms with Gasteiger partial charge in [-0.3, -0.25) is 10.1 Å². The zero-order valence-electron chi connectivity index (χ0n) is 12.9. The number of nitro benzene ring substituents is 1. The normalized spacial score (nSPS) is 11.5. The fourth-order valence-corrected chi connectivity index (χ4v) is 2.83. The van der Waals surface area contributed by atoms with E-state index in [4.69, 9.17) is 4.42 Å². The molecule has 0 aliphatic heterocycles. The summed E-state index contributed by atoms with van der Waals surface area (Å²) in [7, 11) is 0. The van der Waals surface area contributed by atoms with Crippen LogP contribution in [-0.4, -0.2) is 15.1 Å². The minimum Gasteiger partial charge on any atom is -0.411 e. The highest BCUT2D eigenvalue weighted by atomic mass is 32.2. The number of hydrogen-bond donors (Lipinski definition) is 0. The lowest BCUT2D eigenvalue weighted by Gasteiger charge is -2.08. The number of aromatic nitrogens is 2. The van der Waals surface area contributed by atoms with Crippen molar-refractivity contribution in [3.05, 3.63) is 69.8 Å². The maximum Gasteiger partial charge on any atom is 0.416 e. The smallest absolute Gasteiger partial charge is 0.411 e. The summed E-state index contributed by atoms with van der Waals surface area (Å²) in [5.74, 6) is 0.296. The van der Waals surface area contributed by atoms with Crippen molar-refractivity contribution < 1.29 is 22.5 Å². The average Bonchev–Trinajstić information content (AvgIpc) is 3.09. The number of hydrogen-bond acceptors (Lipinski definition) is 6. The molecule has 0 saturated carbocycles. The van der Waals surface area contributed by atoms with Crippen molar-refractivity contribution in [1.82, 2.24) is 10.2 Å². The van der Waals surface area contributed by atoms with Gasteiger partial charge in [-0.05, 0) is 23.8 Å². The lowest BCUT2D eigenvalue weighted by atomic mass is 10.1. The van der Waals surface area contributed by atoms with E-state index in [1.165, 1.54) is 0 Å². The van der Waals surface area contributed by atoms with Gasteiger partial charge in [-0.15, -0.1) is 10.2 Å². The van der Waals surface area contributed by atoms with E-state index >= 15 is 0 Å². The van der Waals surface area contributed by atoms with Gasteiger partial charge in [0.2, 0.25) is 5.89 Å². The number of alkyl halides is 3. The summed E-state index contributed by atoms with van der Waals surface area (Å²) >= 11 is 0.999. The zero-order chi connectivity index (χ0) is 18.7. The highest BCUT2D eigenvalue weighted by Crippen LogP contribution is 2.34. The summed E-state index contributed by atoms with van der Waals surface area (Å²) in [6, 6.07) is 11.5. The molecule has 0 amide bonds. The summed E-state index contributed by atoms with van der Waals surface area (Å²) in [5, 5.41) is 18.7. The second-order valence-corrected chi connectivity index (χ2v) is 6.10. The number of thioether (sulfide) groups is 1. The van der Waals surface area contributed by atoms with Crippen LogP contribution in [0, 0.1) is 10.1 Å². The van der Waals surface area contributed by atoms with Gasteiger partial charge in [0.05, 0.1) is 10.5 Å². The van der Waals surface area contributed by atoms with Crippen LogP contribution in [0.25, 0.3) is 11.5 Å². The molecule has 10 heteroatoms. The van der Waals surface area contributed by atoms with Crippen LogP contribution in [0.2, 0.25) is 0 Å². The topological polar surface area (TPSA) is 82.1 Å². The summed E-state index contributed by atoms with van der Waals surface area (Å²) in [5.41, 5.74) is -0.846. The van der Waals surface area contributed by atoms with Crippen LogP contribution in [0.4, 0.5) is 18.9 Å². The quantitative estimate of drug-likeness (QED) is 0.353. The van der Waals surface area contributed by atoms with Gasteiger partial charge in [-0.2, -0.15) is 13.2 Å². The Bertz CT molecular complexity index is 929. The maximum absolute atomic E-state index is 12.9. The van der Waals surface area contributed by atoms with Gasteiger partial charge in [-0.1, -0.05) is 30.0 Å². The summed E-state index contributed by atoms with van der Waals surface area (Å²) in [4.78, 5) is 10.00. The number of nitro groups is 1. The van der Waals surface area contributed by atoms with Crippen molar-refractivity contribution in [3.8, 4) is 11.5 Å². The lowest BCUT2D eigenvalue weighted by molar-refractivity contribution is -0.385. The molecule has 2 aromatic carbocycles. The predicted octanol–water partition coefficient (Wildman–Crippen LogP) is 4.96. The van der Waals surface area contributed by atoms with E-state index in [2.05, 4.69) is 10.2 Å². The SMILES string of the molecule is O=[N+]([O-])c1cc(CSc2nnc(-c3ccccc3)o2)cc(C(F)(F)F)c1. The Kier molecular flexibility index (Phi) is 4.94. The number of non-ortho nitro benzene ring substituents is 1. The van der Waals surface area contributed by atoms with Gasteiger partial charge in [0, 0.05) is 23.4 Å². The van der Waals surface area contributed by atoms with Gasteiger partial charge >= 0.3 is 6.18 Å². The molecular weight excluding hydrogens is 371 g/mol. The number of rotatable bonds is 5. The molecule has 0 N–H and O–H groups in total. The Balaban J connectivity index is 1.78. The van der Waals surface area contributed by atoms with Crippen LogP contribution in [0.1, 0.15) is 11.1 Å². The van der Waals surface area contributed by atoms with E-state index in [1.54, 1.807) is 24.3 Å². The summed E-state index contributed by atoms with van der Waals surface area (Å²) in [6.07, 6.45) is -4.67. The standard InChI is InChI=1S/C16H10F3N3O3S/c17-16(18,19)12-6-10(7-13(8-12)22(23)24)9-26-15-21-20-14(25-15)11-4-2-1-3-5-11/h1-8H,9H2. The first kappa shape index (κ1) is 17.9. The van der Waals surface area contributed by atoms with E-state index in [0.29, 0.717) is 11.6 Å². The minimum atomic E-state index is -4.67. The molecule has 0 fully saturated rings. The number of halogens is 3. The molecule has 3 rings (SSSR count). The van der Waals surface area contributed by atoms with Gasteiger partial charge in [0.1, 0.15) is 0 Å². The predicted molar refractivity (Wildman–Crippen MR) is 87.4 cm³/mol. The Morgan fingerprint density at radius 1 is 1.12 bits per heavy atom. The van der Waals surface area contributed by atoms with Crippen LogP contribution >= 0.6 is 11.8 Å². The molecule has 1 heterocycles. The minimum absolute atomic E-state index is 0.0151. The molecule has 1 aromatic heterocycles. The van der Waals surface area contributed by atoms with Crippen molar-refractivity contribution in [2.75, 3.05) is 0 Å². The summed E-state index contributed by atoms with van der Waals surface area (Å²) in [6.45, 7) is 0. The molecule has 0 bridgehead atoms. The first-order chi connectivity index (χ1) is 12.3.